The fourth-order valence-electron chi connectivity index (χ4n) is 1.83. The van der Waals surface area contributed by atoms with Crippen LogP contribution in [0.1, 0.15) is 36.7 Å². The molecule has 0 saturated heterocycles. The van der Waals surface area contributed by atoms with E-state index in [1.807, 2.05) is 30.3 Å². The Morgan fingerprint density at radius 1 is 1.00 bits per heavy atom. The summed E-state index contributed by atoms with van der Waals surface area (Å²) in [5.74, 6) is 0.152. The molecule has 0 saturated carbocycles. The molecule has 0 heterocycles. The van der Waals surface area contributed by atoms with Crippen LogP contribution in [0.2, 0.25) is 0 Å². The van der Waals surface area contributed by atoms with Crippen molar-refractivity contribution in [2.75, 3.05) is 0 Å². The molecule has 0 amide bonds. The maximum Gasteiger partial charge on any atom is 0.344 e. The summed E-state index contributed by atoms with van der Waals surface area (Å²) in [6.07, 6.45) is 0. The highest BCUT2D eigenvalue weighted by Gasteiger charge is 2.15. The highest BCUT2D eigenvalue weighted by atomic mass is 32.1. The predicted octanol–water partition coefficient (Wildman–Crippen LogP) is 4.49. The molecular formula is C17H18O2S. The van der Waals surface area contributed by atoms with Gasteiger partial charge in [0.25, 0.3) is 0 Å². The monoisotopic (exact) mass is 286 g/mol. The molecule has 0 fully saturated rings. The number of hydrogen-bond donors (Lipinski definition) is 1. The van der Waals surface area contributed by atoms with Gasteiger partial charge in [-0.15, -0.1) is 12.6 Å². The van der Waals surface area contributed by atoms with Crippen molar-refractivity contribution in [2.24, 2.45) is 0 Å². The second-order valence-corrected chi connectivity index (χ2v) is 6.16. The second-order valence-electron chi connectivity index (χ2n) is 5.68. The summed E-state index contributed by atoms with van der Waals surface area (Å²) in [6.45, 7) is 6.43. The van der Waals surface area contributed by atoms with Crippen molar-refractivity contribution in [3.05, 3.63) is 59.7 Å². The Labute approximate surface area is 125 Å². The van der Waals surface area contributed by atoms with Crippen LogP contribution in [0.4, 0.5) is 0 Å². The average molecular weight is 286 g/mol. The molecule has 0 spiro atoms. The second kappa shape index (κ2) is 5.71. The number of benzene rings is 2. The van der Waals surface area contributed by atoms with Crippen molar-refractivity contribution in [2.45, 2.75) is 31.1 Å². The zero-order chi connectivity index (χ0) is 14.8. The minimum absolute atomic E-state index is 0.0836. The average Bonchev–Trinajstić information content (AvgIpc) is 2.38. The van der Waals surface area contributed by atoms with E-state index in [9.17, 15) is 4.79 Å². The number of thiol groups is 1. The van der Waals surface area contributed by atoms with E-state index < -0.39 is 0 Å². The number of hydrogen-bond acceptors (Lipinski definition) is 3. The number of carbonyl (C=O) groups is 1. The van der Waals surface area contributed by atoms with E-state index in [2.05, 4.69) is 33.4 Å². The highest BCUT2D eigenvalue weighted by Crippen LogP contribution is 2.25. The molecule has 2 aromatic rings. The van der Waals surface area contributed by atoms with E-state index in [1.54, 1.807) is 18.2 Å². The van der Waals surface area contributed by atoms with Gasteiger partial charge in [0, 0.05) is 4.90 Å². The zero-order valence-electron chi connectivity index (χ0n) is 11.9. The third-order valence-electron chi connectivity index (χ3n) is 3.05. The van der Waals surface area contributed by atoms with Crippen LogP contribution in [-0.2, 0) is 5.41 Å². The largest absolute Gasteiger partial charge is 0.423 e. The normalized spacial score (nSPS) is 11.2. The van der Waals surface area contributed by atoms with Crippen LogP contribution in [0.25, 0.3) is 0 Å². The Bertz CT molecular complexity index is 610. The SMILES string of the molecule is CC(C)(C)c1ccc(OC(=O)c2ccccc2S)cc1. The van der Waals surface area contributed by atoms with E-state index in [4.69, 9.17) is 4.74 Å². The lowest BCUT2D eigenvalue weighted by Crippen LogP contribution is -2.12. The third kappa shape index (κ3) is 3.42. The minimum Gasteiger partial charge on any atom is -0.423 e. The fraction of sp³-hybridized carbons (Fsp3) is 0.235. The van der Waals surface area contributed by atoms with E-state index in [0.717, 1.165) is 0 Å². The molecular weight excluding hydrogens is 268 g/mol. The molecule has 0 aliphatic carbocycles. The third-order valence-corrected chi connectivity index (χ3v) is 3.44. The number of ether oxygens (including phenoxy) is 1. The van der Waals surface area contributed by atoms with Gasteiger partial charge in [-0.2, -0.15) is 0 Å². The molecule has 3 heteroatoms. The first-order valence-electron chi connectivity index (χ1n) is 6.48. The lowest BCUT2D eigenvalue weighted by Gasteiger charge is -2.19. The molecule has 2 aromatic carbocycles. The van der Waals surface area contributed by atoms with Crippen LogP contribution in [0, 0.1) is 0 Å². The molecule has 0 bridgehead atoms. The summed E-state index contributed by atoms with van der Waals surface area (Å²) in [7, 11) is 0. The van der Waals surface area contributed by atoms with E-state index in [0.29, 0.717) is 16.2 Å². The van der Waals surface area contributed by atoms with E-state index in [-0.39, 0.29) is 11.4 Å². The molecule has 0 N–H and O–H groups in total. The molecule has 104 valence electrons. The van der Waals surface area contributed by atoms with Crippen LogP contribution in [0.15, 0.2) is 53.4 Å². The summed E-state index contributed by atoms with van der Waals surface area (Å²) in [5, 5.41) is 0. The molecule has 0 aliphatic heterocycles. The van der Waals surface area contributed by atoms with E-state index >= 15 is 0 Å². The highest BCUT2D eigenvalue weighted by molar-refractivity contribution is 7.80. The first-order chi connectivity index (χ1) is 9.38. The maximum absolute atomic E-state index is 12.0. The van der Waals surface area contributed by atoms with Gasteiger partial charge >= 0.3 is 5.97 Å². The Hall–Kier alpha value is -1.74. The summed E-state index contributed by atoms with van der Waals surface area (Å²) < 4.78 is 5.36. The Morgan fingerprint density at radius 3 is 2.15 bits per heavy atom. The quantitative estimate of drug-likeness (QED) is 0.500. The van der Waals surface area contributed by atoms with Crippen molar-refractivity contribution in [3.8, 4) is 5.75 Å². The number of carbonyl (C=O) groups excluding carboxylic acids is 1. The van der Waals surface area contributed by atoms with E-state index in [1.165, 1.54) is 5.56 Å². The van der Waals surface area contributed by atoms with Crippen molar-refractivity contribution in [1.82, 2.24) is 0 Å². The van der Waals surface area contributed by atoms with Crippen molar-refractivity contribution in [1.29, 1.82) is 0 Å². The van der Waals surface area contributed by atoms with Crippen molar-refractivity contribution >= 4 is 18.6 Å². The first-order valence-corrected chi connectivity index (χ1v) is 6.93. The summed E-state index contributed by atoms with van der Waals surface area (Å²) >= 11 is 4.26. The maximum atomic E-state index is 12.0. The zero-order valence-corrected chi connectivity index (χ0v) is 12.8. The Balaban J connectivity index is 2.15. The predicted molar refractivity (Wildman–Crippen MR) is 83.8 cm³/mol. The topological polar surface area (TPSA) is 26.3 Å². The van der Waals surface area contributed by atoms with Crippen LogP contribution < -0.4 is 4.74 Å². The molecule has 0 aliphatic rings. The molecule has 0 unspecified atom stereocenters. The van der Waals surface area contributed by atoms with Gasteiger partial charge in [-0.1, -0.05) is 45.0 Å². The molecule has 20 heavy (non-hydrogen) atoms. The number of esters is 1. The fourth-order valence-corrected chi connectivity index (χ4v) is 2.08. The smallest absolute Gasteiger partial charge is 0.344 e. The Morgan fingerprint density at radius 2 is 1.60 bits per heavy atom. The van der Waals surface area contributed by atoms with Gasteiger partial charge in [-0.3, -0.25) is 0 Å². The lowest BCUT2D eigenvalue weighted by atomic mass is 9.87. The van der Waals surface area contributed by atoms with Gasteiger partial charge in [0.2, 0.25) is 0 Å². The van der Waals surface area contributed by atoms with Crippen molar-refractivity contribution in [3.63, 3.8) is 0 Å². The Kier molecular flexibility index (Phi) is 4.19. The molecule has 0 atom stereocenters. The summed E-state index contributed by atoms with van der Waals surface area (Å²) in [5.41, 5.74) is 1.75. The standard InChI is InChI=1S/C17H18O2S/c1-17(2,3)12-8-10-13(11-9-12)19-16(18)14-6-4-5-7-15(14)20/h4-11,20H,1-3H3. The van der Waals surface area contributed by atoms with Gasteiger partial charge < -0.3 is 4.74 Å². The molecule has 0 radical (unpaired) electrons. The van der Waals surface area contributed by atoms with Gasteiger partial charge in [0.1, 0.15) is 5.75 Å². The number of rotatable bonds is 2. The molecule has 2 nitrogen and oxygen atoms in total. The first kappa shape index (κ1) is 14.7. The van der Waals surface area contributed by atoms with Crippen LogP contribution in [0.5, 0.6) is 5.75 Å². The van der Waals surface area contributed by atoms with Gasteiger partial charge in [-0.25, -0.2) is 4.79 Å². The van der Waals surface area contributed by atoms with Gasteiger partial charge in [0.15, 0.2) is 0 Å². The molecule has 0 aromatic heterocycles. The van der Waals surface area contributed by atoms with Gasteiger partial charge in [-0.05, 0) is 35.2 Å². The van der Waals surface area contributed by atoms with Crippen LogP contribution >= 0.6 is 12.6 Å². The summed E-state index contributed by atoms with van der Waals surface area (Å²) in [6, 6.07) is 14.7. The minimum atomic E-state index is -0.390. The summed E-state index contributed by atoms with van der Waals surface area (Å²) in [4.78, 5) is 12.7. The molecule has 2 rings (SSSR count). The van der Waals surface area contributed by atoms with Crippen LogP contribution in [0.3, 0.4) is 0 Å². The van der Waals surface area contributed by atoms with Gasteiger partial charge in [0.05, 0.1) is 5.56 Å². The lowest BCUT2D eigenvalue weighted by molar-refractivity contribution is 0.0731. The van der Waals surface area contributed by atoms with Crippen LogP contribution in [-0.4, -0.2) is 5.97 Å². The van der Waals surface area contributed by atoms with Crippen molar-refractivity contribution < 1.29 is 9.53 Å².